The molecular formula is C11H6Cl3N. The van der Waals surface area contributed by atoms with Crippen LogP contribution in [0.1, 0.15) is 0 Å². The van der Waals surface area contributed by atoms with Crippen LogP contribution in [0.25, 0.3) is 11.3 Å². The van der Waals surface area contributed by atoms with Crippen LogP contribution in [0.3, 0.4) is 0 Å². The highest BCUT2D eigenvalue weighted by Crippen LogP contribution is 2.27. The topological polar surface area (TPSA) is 12.9 Å². The zero-order valence-corrected chi connectivity index (χ0v) is 9.81. The van der Waals surface area contributed by atoms with E-state index in [-0.39, 0.29) is 0 Å². The van der Waals surface area contributed by atoms with Gasteiger partial charge in [0, 0.05) is 5.56 Å². The summed E-state index contributed by atoms with van der Waals surface area (Å²) in [5, 5.41) is 1.50. The van der Waals surface area contributed by atoms with Gasteiger partial charge in [-0.25, -0.2) is 4.98 Å². The fourth-order valence-electron chi connectivity index (χ4n) is 1.22. The second kappa shape index (κ2) is 4.40. The molecule has 0 spiro atoms. The highest BCUT2D eigenvalue weighted by molar-refractivity contribution is 6.42. The van der Waals surface area contributed by atoms with Gasteiger partial charge in [-0.05, 0) is 24.3 Å². The molecule has 2 rings (SSSR count). The van der Waals surface area contributed by atoms with Gasteiger partial charge in [0.2, 0.25) is 0 Å². The fraction of sp³-hybridized carbons (Fsp3) is 0. The minimum Gasteiger partial charge on any atom is -0.236 e. The van der Waals surface area contributed by atoms with Crippen molar-refractivity contribution in [3.63, 3.8) is 0 Å². The van der Waals surface area contributed by atoms with E-state index in [1.165, 1.54) is 0 Å². The van der Waals surface area contributed by atoms with Crippen molar-refractivity contribution in [3.05, 3.63) is 51.6 Å². The Hall–Kier alpha value is -0.760. The second-order valence-electron chi connectivity index (χ2n) is 2.97. The van der Waals surface area contributed by atoms with E-state index < -0.39 is 0 Å². The Kier molecular flexibility index (Phi) is 3.15. The maximum atomic E-state index is 5.91. The normalized spacial score (nSPS) is 10.3. The Balaban J connectivity index is 2.50. The van der Waals surface area contributed by atoms with Gasteiger partial charge in [-0.15, -0.1) is 0 Å². The molecule has 1 nitrogen and oxygen atoms in total. The zero-order chi connectivity index (χ0) is 10.8. The monoisotopic (exact) mass is 257 g/mol. The van der Waals surface area contributed by atoms with Gasteiger partial charge in [-0.1, -0.05) is 46.9 Å². The molecule has 0 aliphatic carbocycles. The molecule has 0 fully saturated rings. The van der Waals surface area contributed by atoms with Gasteiger partial charge in [-0.2, -0.15) is 0 Å². The van der Waals surface area contributed by atoms with Gasteiger partial charge < -0.3 is 0 Å². The largest absolute Gasteiger partial charge is 0.236 e. The van der Waals surface area contributed by atoms with Crippen LogP contribution in [-0.2, 0) is 0 Å². The Labute approximate surface area is 103 Å². The molecule has 0 aliphatic heterocycles. The van der Waals surface area contributed by atoms with Crippen LogP contribution >= 0.6 is 34.8 Å². The minimum absolute atomic E-state index is 0.457. The molecule has 0 aliphatic rings. The standard InChI is InChI=1S/C11H6Cl3N/c12-8-5-4-7(6-9(8)13)10-2-1-3-11(14)15-10/h1-6H. The van der Waals surface area contributed by atoms with Crippen LogP contribution in [-0.4, -0.2) is 4.98 Å². The lowest BCUT2D eigenvalue weighted by molar-refractivity contribution is 1.33. The van der Waals surface area contributed by atoms with Gasteiger partial charge in [0.05, 0.1) is 15.7 Å². The highest BCUT2D eigenvalue weighted by atomic mass is 35.5. The van der Waals surface area contributed by atoms with E-state index in [0.29, 0.717) is 15.2 Å². The number of halogens is 3. The van der Waals surface area contributed by atoms with Gasteiger partial charge in [0.1, 0.15) is 5.15 Å². The Bertz CT molecular complexity index is 497. The number of hydrogen-bond donors (Lipinski definition) is 0. The van der Waals surface area contributed by atoms with Crippen LogP contribution in [0, 0.1) is 0 Å². The number of pyridine rings is 1. The van der Waals surface area contributed by atoms with Crippen molar-refractivity contribution in [2.24, 2.45) is 0 Å². The molecule has 76 valence electrons. The minimum atomic E-state index is 0.457. The summed E-state index contributed by atoms with van der Waals surface area (Å²) in [7, 11) is 0. The number of nitrogens with zero attached hydrogens (tertiary/aromatic N) is 1. The predicted molar refractivity (Wildman–Crippen MR) is 64.7 cm³/mol. The molecule has 0 unspecified atom stereocenters. The SMILES string of the molecule is Clc1cccc(-c2ccc(Cl)c(Cl)c2)n1. The molecule has 0 saturated carbocycles. The van der Waals surface area contributed by atoms with Gasteiger partial charge in [0.25, 0.3) is 0 Å². The van der Waals surface area contributed by atoms with Crippen LogP contribution in [0.4, 0.5) is 0 Å². The summed E-state index contributed by atoms with van der Waals surface area (Å²) in [6.45, 7) is 0. The third kappa shape index (κ3) is 2.43. The number of benzene rings is 1. The summed E-state index contributed by atoms with van der Waals surface area (Å²) in [6, 6.07) is 10.8. The maximum absolute atomic E-state index is 5.91. The Morgan fingerprint density at radius 2 is 1.67 bits per heavy atom. The molecule has 1 aromatic heterocycles. The van der Waals surface area contributed by atoms with Crippen molar-refractivity contribution in [1.82, 2.24) is 4.98 Å². The molecule has 1 heterocycles. The maximum Gasteiger partial charge on any atom is 0.129 e. The summed E-state index contributed by atoms with van der Waals surface area (Å²) in [6.07, 6.45) is 0. The number of rotatable bonds is 1. The molecule has 0 N–H and O–H groups in total. The number of hydrogen-bond acceptors (Lipinski definition) is 1. The van der Waals surface area contributed by atoms with E-state index >= 15 is 0 Å². The van der Waals surface area contributed by atoms with Crippen LogP contribution in [0.15, 0.2) is 36.4 Å². The third-order valence-electron chi connectivity index (χ3n) is 1.93. The lowest BCUT2D eigenvalue weighted by atomic mass is 10.1. The summed E-state index contributed by atoms with van der Waals surface area (Å²) < 4.78 is 0. The molecule has 0 atom stereocenters. The smallest absolute Gasteiger partial charge is 0.129 e. The summed E-state index contributed by atoms with van der Waals surface area (Å²) in [5.41, 5.74) is 1.67. The molecule has 0 amide bonds. The average Bonchev–Trinajstić information content (AvgIpc) is 2.22. The fourth-order valence-corrected chi connectivity index (χ4v) is 1.69. The van der Waals surface area contributed by atoms with Crippen LogP contribution < -0.4 is 0 Å². The van der Waals surface area contributed by atoms with Crippen LogP contribution in [0.2, 0.25) is 15.2 Å². The average molecular weight is 259 g/mol. The summed E-state index contributed by atoms with van der Waals surface area (Å²) in [5.74, 6) is 0. The van der Waals surface area contributed by atoms with Crippen molar-refractivity contribution in [2.45, 2.75) is 0 Å². The first kappa shape index (κ1) is 10.7. The van der Waals surface area contributed by atoms with E-state index in [9.17, 15) is 0 Å². The lowest BCUT2D eigenvalue weighted by Gasteiger charge is -2.02. The summed E-state index contributed by atoms with van der Waals surface area (Å²) in [4.78, 5) is 4.18. The molecule has 1 aromatic carbocycles. The first-order valence-corrected chi connectivity index (χ1v) is 5.38. The van der Waals surface area contributed by atoms with Gasteiger partial charge in [0.15, 0.2) is 0 Å². The van der Waals surface area contributed by atoms with Crippen LogP contribution in [0.5, 0.6) is 0 Å². The third-order valence-corrected chi connectivity index (χ3v) is 2.88. The highest BCUT2D eigenvalue weighted by Gasteiger charge is 2.03. The van der Waals surface area contributed by atoms with E-state index in [2.05, 4.69) is 4.98 Å². The Morgan fingerprint density at radius 1 is 0.867 bits per heavy atom. The Morgan fingerprint density at radius 3 is 2.33 bits per heavy atom. The van der Waals surface area contributed by atoms with E-state index in [4.69, 9.17) is 34.8 Å². The van der Waals surface area contributed by atoms with Crippen molar-refractivity contribution in [2.75, 3.05) is 0 Å². The second-order valence-corrected chi connectivity index (χ2v) is 4.18. The van der Waals surface area contributed by atoms with Crippen molar-refractivity contribution < 1.29 is 0 Å². The lowest BCUT2D eigenvalue weighted by Crippen LogP contribution is -1.83. The molecule has 15 heavy (non-hydrogen) atoms. The quantitative estimate of drug-likeness (QED) is 0.675. The molecule has 4 heteroatoms. The van der Waals surface area contributed by atoms with E-state index in [1.54, 1.807) is 18.2 Å². The first-order valence-electron chi connectivity index (χ1n) is 4.25. The first-order chi connectivity index (χ1) is 7.16. The summed E-state index contributed by atoms with van der Waals surface area (Å²) >= 11 is 17.5. The molecule has 0 saturated heterocycles. The van der Waals surface area contributed by atoms with E-state index in [0.717, 1.165) is 11.3 Å². The van der Waals surface area contributed by atoms with E-state index in [1.807, 2.05) is 18.2 Å². The van der Waals surface area contributed by atoms with Gasteiger partial charge >= 0.3 is 0 Å². The molecule has 2 aromatic rings. The molecule has 0 radical (unpaired) electrons. The number of aromatic nitrogens is 1. The van der Waals surface area contributed by atoms with Crippen molar-refractivity contribution >= 4 is 34.8 Å². The molecular weight excluding hydrogens is 252 g/mol. The van der Waals surface area contributed by atoms with Crippen molar-refractivity contribution in [1.29, 1.82) is 0 Å². The van der Waals surface area contributed by atoms with Crippen molar-refractivity contribution in [3.8, 4) is 11.3 Å². The van der Waals surface area contributed by atoms with Gasteiger partial charge in [-0.3, -0.25) is 0 Å². The molecule has 0 bridgehead atoms. The zero-order valence-electron chi connectivity index (χ0n) is 7.55. The predicted octanol–water partition coefficient (Wildman–Crippen LogP) is 4.71.